The maximum atomic E-state index is 12.3. The van der Waals surface area contributed by atoms with E-state index >= 15 is 0 Å². The van der Waals surface area contributed by atoms with Crippen LogP contribution in [0, 0.1) is 0 Å². The summed E-state index contributed by atoms with van der Waals surface area (Å²) in [5.74, 6) is 0.960. The van der Waals surface area contributed by atoms with Crippen LogP contribution in [0.2, 0.25) is 0 Å². The molecular formula is C19H21N5O2S. The molecule has 0 saturated heterocycles. The maximum Gasteiger partial charge on any atom is 0.319 e. The fourth-order valence-electron chi connectivity index (χ4n) is 2.48. The average Bonchev–Trinajstić information content (AvgIpc) is 3.17. The number of carbonyl (C=O) groups is 1. The predicted molar refractivity (Wildman–Crippen MR) is 106 cm³/mol. The number of hydrogen-bond acceptors (Lipinski definition) is 6. The molecule has 0 aliphatic heterocycles. The summed E-state index contributed by atoms with van der Waals surface area (Å²) < 4.78 is 5.63. The molecule has 0 aliphatic carbocycles. The zero-order valence-corrected chi connectivity index (χ0v) is 15.9. The fourth-order valence-corrected chi connectivity index (χ4v) is 3.40. The Labute approximate surface area is 162 Å². The number of aromatic nitrogens is 2. The first-order valence-corrected chi connectivity index (χ1v) is 9.28. The minimum absolute atomic E-state index is 0.127. The van der Waals surface area contributed by atoms with E-state index in [2.05, 4.69) is 31.6 Å². The SMILES string of the molecule is CN(C)C(CNC(=O)Nc1cccc(Oc2cnccn2)c1)c1cccs1. The van der Waals surface area contributed by atoms with Gasteiger partial charge in [0.05, 0.1) is 12.2 Å². The Morgan fingerprint density at radius 1 is 1.26 bits per heavy atom. The second-order valence-corrected chi connectivity index (χ2v) is 6.98. The van der Waals surface area contributed by atoms with Crippen molar-refractivity contribution in [3.8, 4) is 11.6 Å². The molecule has 2 heterocycles. The van der Waals surface area contributed by atoms with Gasteiger partial charge in [-0.15, -0.1) is 11.3 Å². The molecule has 1 unspecified atom stereocenters. The monoisotopic (exact) mass is 383 g/mol. The summed E-state index contributed by atoms with van der Waals surface area (Å²) >= 11 is 1.68. The molecule has 1 atom stereocenters. The van der Waals surface area contributed by atoms with Gasteiger partial charge in [0.1, 0.15) is 5.75 Å². The van der Waals surface area contributed by atoms with Gasteiger partial charge in [0.25, 0.3) is 0 Å². The summed E-state index contributed by atoms with van der Waals surface area (Å²) in [7, 11) is 3.99. The molecule has 3 rings (SSSR count). The van der Waals surface area contributed by atoms with Crippen LogP contribution in [-0.4, -0.2) is 41.5 Å². The van der Waals surface area contributed by atoms with E-state index in [1.807, 2.05) is 25.5 Å². The number of benzene rings is 1. The maximum absolute atomic E-state index is 12.3. The Balaban J connectivity index is 1.57. The van der Waals surface area contributed by atoms with Gasteiger partial charge in [-0.1, -0.05) is 12.1 Å². The van der Waals surface area contributed by atoms with Crippen LogP contribution in [0.4, 0.5) is 10.5 Å². The van der Waals surface area contributed by atoms with Crippen LogP contribution in [0.5, 0.6) is 11.6 Å². The molecule has 0 spiro atoms. The van der Waals surface area contributed by atoms with Crippen LogP contribution in [0.25, 0.3) is 0 Å². The van der Waals surface area contributed by atoms with Crippen molar-refractivity contribution in [3.63, 3.8) is 0 Å². The lowest BCUT2D eigenvalue weighted by atomic mass is 10.2. The number of carbonyl (C=O) groups excluding carboxylic acids is 1. The molecule has 0 radical (unpaired) electrons. The van der Waals surface area contributed by atoms with Gasteiger partial charge in [-0.25, -0.2) is 9.78 Å². The fraction of sp³-hybridized carbons (Fsp3) is 0.211. The summed E-state index contributed by atoms with van der Waals surface area (Å²) in [6.07, 6.45) is 4.66. The lowest BCUT2D eigenvalue weighted by Gasteiger charge is -2.23. The topological polar surface area (TPSA) is 79.4 Å². The molecular weight excluding hydrogens is 362 g/mol. The molecule has 2 N–H and O–H groups in total. The highest BCUT2D eigenvalue weighted by Crippen LogP contribution is 2.23. The number of ether oxygens (including phenoxy) is 1. The van der Waals surface area contributed by atoms with Crippen LogP contribution in [0.3, 0.4) is 0 Å². The van der Waals surface area contributed by atoms with E-state index in [0.717, 1.165) is 0 Å². The van der Waals surface area contributed by atoms with E-state index in [-0.39, 0.29) is 12.1 Å². The number of likely N-dealkylation sites (N-methyl/N-ethyl adjacent to an activating group) is 1. The molecule has 140 valence electrons. The third-order valence-electron chi connectivity index (χ3n) is 3.80. The van der Waals surface area contributed by atoms with Crippen LogP contribution >= 0.6 is 11.3 Å². The van der Waals surface area contributed by atoms with Crippen molar-refractivity contribution in [2.45, 2.75) is 6.04 Å². The van der Waals surface area contributed by atoms with E-state index < -0.39 is 0 Å². The van der Waals surface area contributed by atoms with E-state index in [1.54, 1.807) is 48.0 Å². The van der Waals surface area contributed by atoms with Crippen molar-refractivity contribution in [2.24, 2.45) is 0 Å². The number of urea groups is 1. The van der Waals surface area contributed by atoms with Gasteiger partial charge in [-0.05, 0) is 37.7 Å². The minimum Gasteiger partial charge on any atom is -0.437 e. The van der Waals surface area contributed by atoms with Crippen molar-refractivity contribution in [2.75, 3.05) is 26.0 Å². The molecule has 3 aromatic rings. The molecule has 7 nitrogen and oxygen atoms in total. The van der Waals surface area contributed by atoms with Gasteiger partial charge in [-0.3, -0.25) is 4.98 Å². The molecule has 0 saturated carbocycles. The number of nitrogens with one attached hydrogen (secondary N) is 2. The van der Waals surface area contributed by atoms with E-state index in [1.165, 1.54) is 11.1 Å². The van der Waals surface area contributed by atoms with Crippen LogP contribution in [0.1, 0.15) is 10.9 Å². The number of hydrogen-bond donors (Lipinski definition) is 2. The Morgan fingerprint density at radius 2 is 2.15 bits per heavy atom. The normalized spacial score (nSPS) is 11.8. The summed E-state index contributed by atoms with van der Waals surface area (Å²) in [5.41, 5.74) is 0.631. The molecule has 0 aliphatic rings. The lowest BCUT2D eigenvalue weighted by Crippen LogP contribution is -2.36. The smallest absolute Gasteiger partial charge is 0.319 e. The third kappa shape index (κ3) is 5.50. The molecule has 0 fully saturated rings. The highest BCUT2D eigenvalue weighted by atomic mass is 32.1. The predicted octanol–water partition coefficient (Wildman–Crippen LogP) is 3.75. The van der Waals surface area contributed by atoms with Gasteiger partial charge in [0.2, 0.25) is 5.88 Å². The number of rotatable bonds is 7. The number of thiophene rings is 1. The first-order valence-electron chi connectivity index (χ1n) is 8.40. The molecule has 0 bridgehead atoms. The van der Waals surface area contributed by atoms with Gasteiger partial charge >= 0.3 is 6.03 Å². The lowest BCUT2D eigenvalue weighted by molar-refractivity contribution is 0.244. The first kappa shape index (κ1) is 18.8. The number of amides is 2. The largest absolute Gasteiger partial charge is 0.437 e. The summed E-state index contributed by atoms with van der Waals surface area (Å²) in [6.45, 7) is 0.509. The van der Waals surface area contributed by atoms with Crippen molar-refractivity contribution in [3.05, 3.63) is 65.2 Å². The van der Waals surface area contributed by atoms with Crippen molar-refractivity contribution in [1.82, 2.24) is 20.2 Å². The summed E-state index contributed by atoms with van der Waals surface area (Å²) in [6, 6.07) is 11.1. The standard InChI is InChI=1S/C19H21N5O2S/c1-24(2)16(17-7-4-10-27-17)12-22-19(25)23-14-5-3-6-15(11-14)26-18-13-20-8-9-21-18/h3-11,13,16H,12H2,1-2H3,(H2,22,23,25). The van der Waals surface area contributed by atoms with Crippen LogP contribution in [0.15, 0.2) is 60.4 Å². The van der Waals surface area contributed by atoms with Crippen molar-refractivity contribution in [1.29, 1.82) is 0 Å². The molecule has 8 heteroatoms. The second-order valence-electron chi connectivity index (χ2n) is 6.00. The van der Waals surface area contributed by atoms with Crippen molar-refractivity contribution < 1.29 is 9.53 Å². The zero-order valence-electron chi connectivity index (χ0n) is 15.1. The molecule has 27 heavy (non-hydrogen) atoms. The van der Waals surface area contributed by atoms with E-state index in [0.29, 0.717) is 23.9 Å². The minimum atomic E-state index is -0.268. The summed E-state index contributed by atoms with van der Waals surface area (Å²) in [4.78, 5) is 23.6. The van der Waals surface area contributed by atoms with Gasteiger partial charge in [0, 0.05) is 35.6 Å². The molecule has 2 amide bonds. The molecule has 1 aromatic carbocycles. The van der Waals surface area contributed by atoms with E-state index in [9.17, 15) is 4.79 Å². The first-order chi connectivity index (χ1) is 13.1. The Morgan fingerprint density at radius 3 is 2.85 bits per heavy atom. The summed E-state index contributed by atoms with van der Waals surface area (Å²) in [5, 5.41) is 7.78. The van der Waals surface area contributed by atoms with Crippen molar-refractivity contribution >= 4 is 23.1 Å². The Kier molecular flexibility index (Phi) is 6.35. The third-order valence-corrected chi connectivity index (χ3v) is 4.78. The number of anilines is 1. The zero-order chi connectivity index (χ0) is 19.1. The van der Waals surface area contributed by atoms with Crippen LogP contribution in [-0.2, 0) is 0 Å². The van der Waals surface area contributed by atoms with Gasteiger partial charge in [0.15, 0.2) is 0 Å². The Hall–Kier alpha value is -2.97. The molecule has 2 aromatic heterocycles. The number of nitrogens with zero attached hydrogens (tertiary/aromatic N) is 3. The van der Waals surface area contributed by atoms with Gasteiger partial charge in [-0.2, -0.15) is 0 Å². The van der Waals surface area contributed by atoms with E-state index in [4.69, 9.17) is 4.74 Å². The van der Waals surface area contributed by atoms with Crippen LogP contribution < -0.4 is 15.4 Å². The highest BCUT2D eigenvalue weighted by Gasteiger charge is 2.16. The van der Waals surface area contributed by atoms with Gasteiger partial charge < -0.3 is 20.3 Å². The second kappa shape index (κ2) is 9.11. The highest BCUT2D eigenvalue weighted by molar-refractivity contribution is 7.10. The average molecular weight is 383 g/mol. The quantitative estimate of drug-likeness (QED) is 0.649. The Bertz CT molecular complexity index is 856.